The second-order valence-electron chi connectivity index (χ2n) is 5.01. The Hall–Kier alpha value is -2.00. The highest BCUT2D eigenvalue weighted by atomic mass is 35.5. The van der Waals surface area contributed by atoms with Crippen molar-refractivity contribution in [2.24, 2.45) is 0 Å². The number of thiazole rings is 2. The van der Waals surface area contributed by atoms with E-state index in [1.165, 1.54) is 34.0 Å². The van der Waals surface area contributed by atoms with Gasteiger partial charge < -0.3 is 4.42 Å². The molecule has 0 bridgehead atoms. The number of nitrogens with one attached hydrogen (secondary N) is 1. The average molecular weight is 408 g/mol. The lowest BCUT2D eigenvalue weighted by atomic mass is 10.3. The number of nitrogens with zero attached hydrogens (tertiary/aromatic N) is 2. The van der Waals surface area contributed by atoms with Crippen molar-refractivity contribution in [2.45, 2.75) is 6.92 Å². The fourth-order valence-electron chi connectivity index (χ4n) is 2.16. The molecule has 0 aliphatic rings. The number of halogens is 1. The molecule has 0 radical (unpaired) electrons. The summed E-state index contributed by atoms with van der Waals surface area (Å²) in [6.45, 7) is 1.82. The van der Waals surface area contributed by atoms with Crippen LogP contribution in [-0.4, -0.2) is 15.9 Å². The van der Waals surface area contributed by atoms with Crippen LogP contribution < -0.4 is 5.32 Å². The first kappa shape index (κ1) is 16.5. The number of carbonyl (C=O) groups excluding carboxylic acids is 1. The minimum atomic E-state index is -0.218. The van der Waals surface area contributed by atoms with Crippen LogP contribution in [0, 0.1) is 6.92 Å². The number of aryl methyl sites for hydroxylation is 1. The van der Waals surface area contributed by atoms with Crippen LogP contribution >= 0.6 is 45.6 Å². The first-order chi connectivity index (χ1) is 12.1. The van der Waals surface area contributed by atoms with E-state index < -0.39 is 0 Å². The topological polar surface area (TPSA) is 68.0 Å². The molecule has 4 aromatic rings. The van der Waals surface area contributed by atoms with Crippen LogP contribution in [0.2, 0.25) is 4.34 Å². The van der Waals surface area contributed by atoms with Crippen molar-refractivity contribution < 1.29 is 9.21 Å². The van der Waals surface area contributed by atoms with Crippen LogP contribution in [0.25, 0.3) is 21.3 Å². The molecule has 0 atom stereocenters. The third-order valence-electron chi connectivity index (χ3n) is 3.29. The normalized spacial score (nSPS) is 11.0. The maximum absolute atomic E-state index is 12.6. The van der Waals surface area contributed by atoms with Crippen LogP contribution in [0.1, 0.15) is 15.4 Å². The molecular weight excluding hydrogens is 398 g/mol. The van der Waals surface area contributed by atoms with Crippen molar-refractivity contribution in [1.82, 2.24) is 9.97 Å². The number of carbonyl (C=O) groups is 1. The second-order valence-corrected chi connectivity index (χ2v) is 8.58. The fraction of sp³-hybridized carbons (Fsp3) is 0.0625. The van der Waals surface area contributed by atoms with E-state index in [2.05, 4.69) is 15.3 Å². The van der Waals surface area contributed by atoms with E-state index in [0.29, 0.717) is 31.5 Å². The van der Waals surface area contributed by atoms with E-state index >= 15 is 0 Å². The summed E-state index contributed by atoms with van der Waals surface area (Å²) < 4.78 is 6.01. The molecule has 4 aromatic heterocycles. The van der Waals surface area contributed by atoms with Crippen LogP contribution in [0.4, 0.5) is 5.13 Å². The van der Waals surface area contributed by atoms with Gasteiger partial charge in [-0.25, -0.2) is 9.97 Å². The Labute approximate surface area is 160 Å². The molecule has 126 valence electrons. The molecule has 1 N–H and O–H groups in total. The molecule has 25 heavy (non-hydrogen) atoms. The molecule has 9 heteroatoms. The van der Waals surface area contributed by atoms with Crippen LogP contribution in [0.3, 0.4) is 0 Å². The Balaban J connectivity index is 1.54. The molecule has 5 nitrogen and oxygen atoms in total. The minimum Gasteiger partial charge on any atom is -0.463 e. The maximum atomic E-state index is 12.6. The van der Waals surface area contributed by atoms with E-state index in [9.17, 15) is 4.79 Å². The van der Waals surface area contributed by atoms with Gasteiger partial charge in [0.25, 0.3) is 5.91 Å². The Morgan fingerprint density at radius 1 is 1.24 bits per heavy atom. The molecule has 0 aromatic carbocycles. The van der Waals surface area contributed by atoms with Gasteiger partial charge in [-0.1, -0.05) is 11.6 Å². The fourth-order valence-corrected chi connectivity index (χ4v) is 4.92. The quantitative estimate of drug-likeness (QED) is 0.464. The Bertz CT molecular complexity index is 1030. The lowest BCUT2D eigenvalue weighted by molar-refractivity contribution is 0.103. The number of rotatable bonds is 4. The van der Waals surface area contributed by atoms with Crippen molar-refractivity contribution >= 4 is 56.7 Å². The van der Waals surface area contributed by atoms with Crippen molar-refractivity contribution in [3.05, 3.63) is 50.8 Å². The van der Waals surface area contributed by atoms with E-state index in [1.807, 2.05) is 30.5 Å². The molecule has 1 amide bonds. The molecule has 4 rings (SSSR count). The summed E-state index contributed by atoms with van der Waals surface area (Å²) in [7, 11) is 0. The van der Waals surface area contributed by atoms with Crippen molar-refractivity contribution in [3.8, 4) is 21.3 Å². The molecule has 0 fully saturated rings. The van der Waals surface area contributed by atoms with Crippen molar-refractivity contribution in [3.63, 3.8) is 0 Å². The molecular formula is C16H10ClN3O2S3. The maximum Gasteiger partial charge on any atom is 0.269 e. The van der Waals surface area contributed by atoms with Crippen molar-refractivity contribution in [2.75, 3.05) is 5.32 Å². The molecule has 0 saturated heterocycles. The molecule has 4 heterocycles. The van der Waals surface area contributed by atoms with Crippen LogP contribution in [-0.2, 0) is 0 Å². The lowest BCUT2D eigenvalue weighted by Crippen LogP contribution is -2.11. The molecule has 0 aliphatic heterocycles. The Morgan fingerprint density at radius 3 is 2.84 bits per heavy atom. The number of amides is 1. The van der Waals surface area contributed by atoms with Gasteiger partial charge in [0, 0.05) is 5.38 Å². The van der Waals surface area contributed by atoms with Crippen molar-refractivity contribution in [1.29, 1.82) is 0 Å². The van der Waals surface area contributed by atoms with Gasteiger partial charge in [0.1, 0.15) is 15.6 Å². The molecule has 0 saturated carbocycles. The number of hydrogen-bond donors (Lipinski definition) is 1. The number of anilines is 1. The van der Waals surface area contributed by atoms with Crippen LogP contribution in [0.15, 0.2) is 40.3 Å². The van der Waals surface area contributed by atoms with Gasteiger partial charge in [0.2, 0.25) is 0 Å². The summed E-state index contributed by atoms with van der Waals surface area (Å²) in [5.41, 5.74) is 1.38. The Kier molecular flexibility index (Phi) is 4.43. The first-order valence-corrected chi connectivity index (χ1v) is 10.0. The Morgan fingerprint density at radius 2 is 2.12 bits per heavy atom. The third-order valence-corrected chi connectivity index (χ3v) is 6.60. The average Bonchev–Trinajstić information content (AvgIpc) is 3.32. The number of hydrogen-bond acceptors (Lipinski definition) is 7. The number of aromatic nitrogens is 2. The van der Waals surface area contributed by atoms with Gasteiger partial charge in [0.05, 0.1) is 21.2 Å². The highest BCUT2D eigenvalue weighted by Gasteiger charge is 2.18. The lowest BCUT2D eigenvalue weighted by Gasteiger charge is -1.98. The molecule has 0 spiro atoms. The summed E-state index contributed by atoms with van der Waals surface area (Å²) in [5, 5.41) is 5.97. The summed E-state index contributed by atoms with van der Waals surface area (Å²) in [4.78, 5) is 22.9. The van der Waals surface area contributed by atoms with E-state index in [0.717, 1.165) is 9.88 Å². The summed E-state index contributed by atoms with van der Waals surface area (Å²) in [6, 6.07) is 7.35. The van der Waals surface area contributed by atoms with Gasteiger partial charge in [-0.15, -0.1) is 34.0 Å². The zero-order valence-electron chi connectivity index (χ0n) is 12.8. The second kappa shape index (κ2) is 6.72. The summed E-state index contributed by atoms with van der Waals surface area (Å²) >= 11 is 10.1. The molecule has 0 unspecified atom stereocenters. The summed E-state index contributed by atoms with van der Waals surface area (Å²) in [5.74, 6) is 0.451. The molecule has 0 aliphatic carbocycles. The monoisotopic (exact) mass is 407 g/mol. The van der Waals surface area contributed by atoms with E-state index in [-0.39, 0.29) is 5.91 Å². The largest absolute Gasteiger partial charge is 0.463 e. The van der Waals surface area contributed by atoms with E-state index in [1.54, 1.807) is 12.3 Å². The van der Waals surface area contributed by atoms with Crippen LogP contribution in [0.5, 0.6) is 0 Å². The van der Waals surface area contributed by atoms with Gasteiger partial charge >= 0.3 is 0 Å². The number of furan rings is 1. The van der Waals surface area contributed by atoms with Gasteiger partial charge in [-0.2, -0.15) is 0 Å². The predicted molar refractivity (Wildman–Crippen MR) is 103 cm³/mol. The van der Waals surface area contributed by atoms with Gasteiger partial charge in [0.15, 0.2) is 10.9 Å². The smallest absolute Gasteiger partial charge is 0.269 e. The zero-order valence-corrected chi connectivity index (χ0v) is 16.0. The first-order valence-electron chi connectivity index (χ1n) is 7.14. The zero-order chi connectivity index (χ0) is 17.4. The highest BCUT2D eigenvalue weighted by molar-refractivity contribution is 7.24. The van der Waals surface area contributed by atoms with Gasteiger partial charge in [-0.3, -0.25) is 10.1 Å². The summed E-state index contributed by atoms with van der Waals surface area (Å²) in [6.07, 6.45) is 1.59. The number of thiophene rings is 1. The predicted octanol–water partition coefficient (Wildman–Crippen LogP) is 5.80. The van der Waals surface area contributed by atoms with E-state index in [4.69, 9.17) is 16.0 Å². The highest BCUT2D eigenvalue weighted by Crippen LogP contribution is 2.35. The third kappa shape index (κ3) is 3.38. The standard InChI is InChI=1S/C16H10ClN3O2S3/c1-8-13(25-15(18-8)11-4-5-12(17)24-11)14(21)20-16-19-9(7-23-16)10-3-2-6-22-10/h2-7H,1H3,(H,19,20,21). The SMILES string of the molecule is Cc1nc(-c2ccc(Cl)s2)sc1C(=O)Nc1nc(-c2ccco2)cs1. The van der Waals surface area contributed by atoms with Gasteiger partial charge in [-0.05, 0) is 31.2 Å². The minimum absolute atomic E-state index is 0.218.